The average molecular weight is 582 g/mol. The predicted molar refractivity (Wildman–Crippen MR) is 116 cm³/mol. The topological polar surface area (TPSA) is 0 Å². The van der Waals surface area contributed by atoms with E-state index in [-0.39, 0.29) is 15.8 Å². The zero-order valence-electron chi connectivity index (χ0n) is 17.5. The molecule has 0 amide bonds. The van der Waals surface area contributed by atoms with Crippen molar-refractivity contribution >= 4 is 35.1 Å². The van der Waals surface area contributed by atoms with Crippen molar-refractivity contribution < 1.29 is 15.4 Å². The van der Waals surface area contributed by atoms with Crippen LogP contribution >= 0.6 is 35.1 Å². The third-order valence-electron chi connectivity index (χ3n) is 3.58. The molecule has 0 rings (SSSR count). The van der Waals surface area contributed by atoms with Gasteiger partial charge in [-0.1, -0.05) is 98.9 Å². The molecule has 0 aromatic heterocycles. The molecule has 0 spiro atoms. The molecule has 0 saturated heterocycles. The summed E-state index contributed by atoms with van der Waals surface area (Å²) in [6, 6.07) is 0. The van der Waals surface area contributed by atoms with E-state index < -0.39 is 15.4 Å². The molecule has 23 heavy (non-hydrogen) atoms. The average Bonchev–Trinajstić information content (AvgIpc) is 2.26. The van der Waals surface area contributed by atoms with Crippen LogP contribution in [0.3, 0.4) is 0 Å². The van der Waals surface area contributed by atoms with Gasteiger partial charge < -0.3 is 0 Å². The first-order chi connectivity index (χ1) is 10.3. The molecular formula is C18H42Cl2OsP2. The molecule has 146 valence electrons. The number of halogens is 2. The zero-order chi connectivity index (χ0) is 19.3. The van der Waals surface area contributed by atoms with Crippen LogP contribution in [0.2, 0.25) is 0 Å². The third kappa shape index (κ3) is 17.3. The molecule has 0 radical (unpaired) electrons. The Balaban J connectivity index is -0.000000297. The van der Waals surface area contributed by atoms with E-state index in [4.69, 9.17) is 19.3 Å². The Morgan fingerprint density at radius 3 is 0.522 bits per heavy atom. The molecule has 0 aliphatic rings. The van der Waals surface area contributed by atoms with Gasteiger partial charge in [-0.25, -0.2) is 0 Å². The first-order valence-electron chi connectivity index (χ1n) is 8.74. The fourth-order valence-corrected chi connectivity index (χ4v) is 10.7. The van der Waals surface area contributed by atoms with Gasteiger partial charge in [0, 0.05) is 0 Å². The van der Waals surface area contributed by atoms with E-state index in [1.807, 2.05) is 0 Å². The molecule has 0 heterocycles. The predicted octanol–water partition coefficient (Wildman–Crippen LogP) is 8.76. The first kappa shape index (κ1) is 29.8. The van der Waals surface area contributed by atoms with Crippen LogP contribution in [0.4, 0.5) is 0 Å². The van der Waals surface area contributed by atoms with Gasteiger partial charge >= 0.3 is 34.7 Å². The molecule has 0 saturated carbocycles. The Bertz CT molecular complexity index is 183. The Kier molecular flexibility index (Phi) is 22.7. The third-order valence-corrected chi connectivity index (χ3v) is 10.7. The van der Waals surface area contributed by atoms with Crippen LogP contribution in [-0.2, 0) is 15.4 Å². The fraction of sp³-hybridized carbons (Fsp3) is 1.00. The fourth-order valence-electron chi connectivity index (χ4n) is 3.58. The molecule has 0 aliphatic carbocycles. The SMILES string of the molecule is CC(C)P(C(C)C)C(C)C.CC(C)P(C(C)C)C(C)C.[Cl][Os][Cl]. The summed E-state index contributed by atoms with van der Waals surface area (Å²) in [5.74, 6) is 0. The van der Waals surface area contributed by atoms with Crippen molar-refractivity contribution in [2.24, 2.45) is 0 Å². The van der Waals surface area contributed by atoms with E-state index in [0.29, 0.717) is 0 Å². The van der Waals surface area contributed by atoms with Gasteiger partial charge in [-0.05, 0) is 34.0 Å². The summed E-state index contributed by atoms with van der Waals surface area (Å²) < 4.78 is 0. The summed E-state index contributed by atoms with van der Waals surface area (Å²) in [5, 5.41) is 0. The van der Waals surface area contributed by atoms with Gasteiger partial charge in [0.05, 0.1) is 0 Å². The molecule has 0 bridgehead atoms. The van der Waals surface area contributed by atoms with Crippen molar-refractivity contribution in [1.29, 1.82) is 0 Å². The van der Waals surface area contributed by atoms with Crippen molar-refractivity contribution in [1.82, 2.24) is 0 Å². The molecule has 0 N–H and O–H groups in total. The van der Waals surface area contributed by atoms with E-state index in [9.17, 15) is 0 Å². The van der Waals surface area contributed by atoms with Crippen molar-refractivity contribution in [3.8, 4) is 0 Å². The second-order valence-corrected chi connectivity index (χ2v) is 19.2. The van der Waals surface area contributed by atoms with Gasteiger partial charge in [-0.15, -0.1) is 0 Å². The molecule has 0 fully saturated rings. The second kappa shape index (κ2) is 17.5. The van der Waals surface area contributed by atoms with Crippen LogP contribution in [-0.4, -0.2) is 34.0 Å². The minimum atomic E-state index is -0.639. The Morgan fingerprint density at radius 2 is 0.522 bits per heavy atom. The maximum absolute atomic E-state index is 4.90. The van der Waals surface area contributed by atoms with Crippen molar-refractivity contribution in [3.63, 3.8) is 0 Å². The standard InChI is InChI=1S/2C9H21P.2ClH.Os/c2*1-7(2)10(8(3)4)9(5)6;;;/h2*7-9H,1-6H3;2*1H;/q;;;;+2/p-2. The van der Waals surface area contributed by atoms with E-state index in [1.54, 1.807) is 0 Å². The quantitative estimate of drug-likeness (QED) is 0.275. The van der Waals surface area contributed by atoms with Crippen LogP contribution < -0.4 is 0 Å². The molecule has 0 nitrogen and oxygen atoms in total. The molecular weight excluding hydrogens is 539 g/mol. The van der Waals surface area contributed by atoms with Crippen molar-refractivity contribution in [3.05, 3.63) is 0 Å². The summed E-state index contributed by atoms with van der Waals surface area (Å²) in [4.78, 5) is 0. The van der Waals surface area contributed by atoms with Gasteiger partial charge in [0.1, 0.15) is 0 Å². The minimum absolute atomic E-state index is 0.262. The molecule has 0 unspecified atom stereocenters. The van der Waals surface area contributed by atoms with Gasteiger partial charge in [-0.3, -0.25) is 0 Å². The molecule has 0 aromatic rings. The summed E-state index contributed by atoms with van der Waals surface area (Å²) in [6.45, 7) is 28.2. The van der Waals surface area contributed by atoms with Gasteiger partial charge in [-0.2, -0.15) is 0 Å². The van der Waals surface area contributed by atoms with Crippen molar-refractivity contribution in [2.75, 3.05) is 0 Å². The van der Waals surface area contributed by atoms with Crippen LogP contribution in [0.15, 0.2) is 0 Å². The summed E-state index contributed by atoms with van der Waals surface area (Å²) in [7, 11) is 10.3. The Labute approximate surface area is 167 Å². The monoisotopic (exact) mass is 582 g/mol. The molecule has 0 aliphatic heterocycles. The Morgan fingerprint density at radius 1 is 0.435 bits per heavy atom. The van der Waals surface area contributed by atoms with E-state index in [2.05, 4.69) is 83.1 Å². The van der Waals surface area contributed by atoms with Crippen molar-refractivity contribution in [2.45, 2.75) is 117 Å². The van der Waals surface area contributed by atoms with Crippen LogP contribution in [0.1, 0.15) is 83.1 Å². The second-order valence-electron chi connectivity index (χ2n) is 7.51. The Hall–Kier alpha value is 2.08. The van der Waals surface area contributed by atoms with Crippen LogP contribution in [0, 0.1) is 0 Å². The number of rotatable bonds is 6. The summed E-state index contributed by atoms with van der Waals surface area (Å²) in [6.07, 6.45) is 0. The van der Waals surface area contributed by atoms with E-state index in [0.717, 1.165) is 34.0 Å². The van der Waals surface area contributed by atoms with Gasteiger partial charge in [0.15, 0.2) is 0 Å². The van der Waals surface area contributed by atoms with E-state index in [1.165, 1.54) is 0 Å². The van der Waals surface area contributed by atoms with Crippen LogP contribution in [0.5, 0.6) is 0 Å². The summed E-state index contributed by atoms with van der Waals surface area (Å²) in [5.41, 5.74) is 5.39. The normalized spacial score (nSPS) is 11.9. The number of hydrogen-bond donors (Lipinski definition) is 0. The first-order valence-corrected chi connectivity index (χ1v) is 18.1. The zero-order valence-corrected chi connectivity index (χ0v) is 23.3. The molecule has 0 aromatic carbocycles. The molecule has 0 atom stereocenters. The molecule has 5 heteroatoms. The maximum atomic E-state index is 4.90. The van der Waals surface area contributed by atoms with Gasteiger partial charge in [0.25, 0.3) is 0 Å². The summed E-state index contributed by atoms with van der Waals surface area (Å²) >= 11 is -0.639. The van der Waals surface area contributed by atoms with Gasteiger partial charge in [0.2, 0.25) is 0 Å². The van der Waals surface area contributed by atoms with Crippen LogP contribution in [0.25, 0.3) is 0 Å². The van der Waals surface area contributed by atoms with E-state index >= 15 is 0 Å². The number of hydrogen-bond acceptors (Lipinski definition) is 0.